The van der Waals surface area contributed by atoms with E-state index >= 15 is 0 Å². The first-order valence-electron chi connectivity index (χ1n) is 9.17. The molecular formula is C21H23NO4. The van der Waals surface area contributed by atoms with Crippen LogP contribution in [0, 0.1) is 5.92 Å². The molecule has 136 valence electrons. The van der Waals surface area contributed by atoms with E-state index in [1.165, 1.54) is 16.3 Å². The molecule has 26 heavy (non-hydrogen) atoms. The Balaban J connectivity index is 1.50. The number of benzene rings is 2. The summed E-state index contributed by atoms with van der Waals surface area (Å²) in [4.78, 5) is 24.1. The maximum atomic E-state index is 12.8. The van der Waals surface area contributed by atoms with Crippen LogP contribution in [0.25, 0.3) is 10.8 Å². The number of amides is 1. The minimum absolute atomic E-state index is 0.0221. The molecule has 2 N–H and O–H groups in total. The molecule has 2 fully saturated rings. The molecule has 5 heteroatoms. The summed E-state index contributed by atoms with van der Waals surface area (Å²) >= 11 is 0. The van der Waals surface area contributed by atoms with Crippen molar-refractivity contribution in [3.8, 4) is 0 Å². The average molecular weight is 353 g/mol. The van der Waals surface area contributed by atoms with Gasteiger partial charge in [0.15, 0.2) is 0 Å². The molecule has 0 bridgehead atoms. The second-order valence-corrected chi connectivity index (χ2v) is 7.47. The quantitative estimate of drug-likeness (QED) is 0.866. The van der Waals surface area contributed by atoms with Gasteiger partial charge >= 0.3 is 5.97 Å². The van der Waals surface area contributed by atoms with Crippen LogP contribution in [0.15, 0.2) is 42.5 Å². The van der Waals surface area contributed by atoms with Crippen LogP contribution in [0.4, 0.5) is 0 Å². The lowest BCUT2D eigenvalue weighted by Crippen LogP contribution is -2.53. The molecule has 0 radical (unpaired) electrons. The van der Waals surface area contributed by atoms with Gasteiger partial charge < -0.3 is 15.2 Å². The Hall–Kier alpha value is -2.40. The molecule has 1 heterocycles. The third-order valence-electron chi connectivity index (χ3n) is 5.68. The zero-order valence-corrected chi connectivity index (χ0v) is 14.6. The van der Waals surface area contributed by atoms with Gasteiger partial charge in [-0.05, 0) is 41.5 Å². The first kappa shape index (κ1) is 17.0. The molecule has 2 aliphatic rings. The van der Waals surface area contributed by atoms with Gasteiger partial charge in [0.2, 0.25) is 5.91 Å². The van der Waals surface area contributed by atoms with E-state index in [4.69, 9.17) is 4.74 Å². The molecule has 2 aromatic carbocycles. The lowest BCUT2D eigenvalue weighted by Gasteiger charge is -2.37. The zero-order valence-electron chi connectivity index (χ0n) is 14.6. The van der Waals surface area contributed by atoms with E-state index in [0.717, 1.165) is 6.42 Å². The van der Waals surface area contributed by atoms with Crippen LogP contribution in [0.1, 0.15) is 37.2 Å². The number of ether oxygens (including phenoxy) is 1. The van der Waals surface area contributed by atoms with E-state index in [9.17, 15) is 14.7 Å². The predicted molar refractivity (Wildman–Crippen MR) is 98.0 cm³/mol. The number of fused-ring (bicyclic) bond motifs is 1. The molecule has 2 aromatic rings. The number of carboxylic acids is 1. The fourth-order valence-electron chi connectivity index (χ4n) is 4.15. The molecule has 1 aliphatic heterocycles. The Bertz CT molecular complexity index is 836. The van der Waals surface area contributed by atoms with Crippen molar-refractivity contribution in [1.29, 1.82) is 0 Å². The van der Waals surface area contributed by atoms with E-state index < -0.39 is 11.5 Å². The standard InChI is InChI=1S/C21H23NO4/c23-19(24)13-21(8-10-26-11-9-21)22-20(25)18-12-17(18)16-7-3-5-14-4-1-2-6-15(14)16/h1-7,17-18H,8-13H2,(H,22,25)(H,23,24). The highest BCUT2D eigenvalue weighted by molar-refractivity contribution is 5.90. The van der Waals surface area contributed by atoms with Crippen molar-refractivity contribution in [2.45, 2.75) is 37.1 Å². The van der Waals surface area contributed by atoms with Crippen molar-refractivity contribution in [2.75, 3.05) is 13.2 Å². The topological polar surface area (TPSA) is 75.6 Å². The Kier molecular flexibility index (Phi) is 4.41. The first-order chi connectivity index (χ1) is 12.6. The number of carboxylic acid groups (broad SMARTS) is 1. The first-order valence-corrected chi connectivity index (χ1v) is 9.17. The van der Waals surface area contributed by atoms with Crippen molar-refractivity contribution < 1.29 is 19.4 Å². The Morgan fingerprint density at radius 2 is 1.85 bits per heavy atom. The second kappa shape index (κ2) is 6.72. The van der Waals surface area contributed by atoms with Crippen molar-refractivity contribution in [2.24, 2.45) is 5.92 Å². The maximum Gasteiger partial charge on any atom is 0.305 e. The number of hydrogen-bond acceptors (Lipinski definition) is 3. The summed E-state index contributed by atoms with van der Waals surface area (Å²) in [6.45, 7) is 0.982. The predicted octanol–water partition coefficient (Wildman–Crippen LogP) is 3.08. The third kappa shape index (κ3) is 3.31. The van der Waals surface area contributed by atoms with Gasteiger partial charge in [0, 0.05) is 19.1 Å². The van der Waals surface area contributed by atoms with Gasteiger partial charge in [-0.25, -0.2) is 0 Å². The highest BCUT2D eigenvalue weighted by atomic mass is 16.5. The van der Waals surface area contributed by atoms with Gasteiger partial charge in [-0.15, -0.1) is 0 Å². The lowest BCUT2D eigenvalue weighted by atomic mass is 9.86. The van der Waals surface area contributed by atoms with Crippen molar-refractivity contribution in [3.05, 3.63) is 48.0 Å². The zero-order chi connectivity index (χ0) is 18.1. The number of carbonyl (C=O) groups excluding carboxylic acids is 1. The summed E-state index contributed by atoms with van der Waals surface area (Å²) in [5.74, 6) is -0.767. The lowest BCUT2D eigenvalue weighted by molar-refractivity contribution is -0.140. The molecule has 0 spiro atoms. The summed E-state index contributed by atoms with van der Waals surface area (Å²) in [6.07, 6.45) is 1.88. The van der Waals surface area contributed by atoms with E-state index in [-0.39, 0.29) is 24.2 Å². The Morgan fingerprint density at radius 3 is 2.62 bits per heavy atom. The monoisotopic (exact) mass is 353 g/mol. The van der Waals surface area contributed by atoms with E-state index in [1.807, 2.05) is 18.2 Å². The fraction of sp³-hybridized carbons (Fsp3) is 0.429. The van der Waals surface area contributed by atoms with Gasteiger partial charge in [0.25, 0.3) is 0 Å². The summed E-state index contributed by atoms with van der Waals surface area (Å²) in [5, 5.41) is 14.7. The fourth-order valence-corrected chi connectivity index (χ4v) is 4.15. The van der Waals surface area contributed by atoms with Crippen LogP contribution in [0.3, 0.4) is 0 Å². The number of carbonyl (C=O) groups is 2. The van der Waals surface area contributed by atoms with Crippen molar-refractivity contribution in [1.82, 2.24) is 5.32 Å². The largest absolute Gasteiger partial charge is 0.481 e. The molecule has 2 atom stereocenters. The SMILES string of the molecule is O=C(O)CC1(NC(=O)C2CC2c2cccc3ccccc23)CCOCC1. The average Bonchev–Trinajstić information content (AvgIpc) is 3.42. The summed E-state index contributed by atoms with van der Waals surface area (Å²) in [7, 11) is 0. The summed E-state index contributed by atoms with van der Waals surface area (Å²) in [6, 6.07) is 14.4. The summed E-state index contributed by atoms with van der Waals surface area (Å²) < 4.78 is 5.36. The van der Waals surface area contributed by atoms with E-state index in [2.05, 4.69) is 29.6 Å². The Morgan fingerprint density at radius 1 is 1.12 bits per heavy atom. The van der Waals surface area contributed by atoms with E-state index in [0.29, 0.717) is 26.1 Å². The van der Waals surface area contributed by atoms with Crippen LogP contribution >= 0.6 is 0 Å². The van der Waals surface area contributed by atoms with Crippen LogP contribution in [-0.4, -0.2) is 35.7 Å². The van der Waals surface area contributed by atoms with Gasteiger partial charge in [-0.1, -0.05) is 42.5 Å². The van der Waals surface area contributed by atoms with E-state index in [1.54, 1.807) is 0 Å². The minimum atomic E-state index is -0.881. The number of nitrogens with one attached hydrogen (secondary N) is 1. The molecule has 1 saturated heterocycles. The smallest absolute Gasteiger partial charge is 0.305 e. The van der Waals surface area contributed by atoms with Gasteiger partial charge in [0.1, 0.15) is 0 Å². The van der Waals surface area contributed by atoms with Crippen molar-refractivity contribution in [3.63, 3.8) is 0 Å². The van der Waals surface area contributed by atoms with Crippen LogP contribution < -0.4 is 5.32 Å². The van der Waals surface area contributed by atoms with Gasteiger partial charge in [-0.3, -0.25) is 9.59 Å². The van der Waals surface area contributed by atoms with Crippen molar-refractivity contribution >= 4 is 22.6 Å². The molecule has 0 aromatic heterocycles. The highest BCUT2D eigenvalue weighted by Gasteiger charge is 2.47. The van der Waals surface area contributed by atoms with Gasteiger partial charge in [0.05, 0.1) is 12.0 Å². The second-order valence-electron chi connectivity index (χ2n) is 7.47. The molecule has 1 saturated carbocycles. The number of hydrogen-bond donors (Lipinski definition) is 2. The highest BCUT2D eigenvalue weighted by Crippen LogP contribution is 2.50. The molecule has 1 aliphatic carbocycles. The number of aliphatic carboxylic acids is 1. The molecular weight excluding hydrogens is 330 g/mol. The molecule has 5 nitrogen and oxygen atoms in total. The van der Waals surface area contributed by atoms with Gasteiger partial charge in [-0.2, -0.15) is 0 Å². The molecule has 1 amide bonds. The molecule has 4 rings (SSSR count). The number of rotatable bonds is 5. The van der Waals surface area contributed by atoms with Crippen LogP contribution in [0.5, 0.6) is 0 Å². The normalized spacial score (nSPS) is 24.2. The minimum Gasteiger partial charge on any atom is -0.481 e. The van der Waals surface area contributed by atoms with Crippen LogP contribution in [0.2, 0.25) is 0 Å². The maximum absolute atomic E-state index is 12.8. The Labute approximate surface area is 152 Å². The summed E-state index contributed by atoms with van der Waals surface area (Å²) in [5.41, 5.74) is 0.537. The van der Waals surface area contributed by atoms with Crippen LogP contribution in [-0.2, 0) is 14.3 Å². The molecule has 2 unspecified atom stereocenters. The third-order valence-corrected chi connectivity index (χ3v) is 5.68.